The molecular formula is C15H8N2O2. The molecule has 0 saturated heterocycles. The van der Waals surface area contributed by atoms with Crippen LogP contribution in [0.15, 0.2) is 58.6 Å². The average Bonchev–Trinajstić information content (AvgIpc) is 2.39. The molecule has 0 atom stereocenters. The highest BCUT2D eigenvalue weighted by Crippen LogP contribution is 2.53. The van der Waals surface area contributed by atoms with Gasteiger partial charge in [0.15, 0.2) is 0 Å². The van der Waals surface area contributed by atoms with Crippen LogP contribution >= 0.6 is 0 Å². The predicted octanol–water partition coefficient (Wildman–Crippen LogP) is 2.40. The molecule has 0 spiro atoms. The van der Waals surface area contributed by atoms with Crippen molar-refractivity contribution in [3.63, 3.8) is 0 Å². The van der Waals surface area contributed by atoms with Crippen molar-refractivity contribution >= 4 is 23.3 Å². The van der Waals surface area contributed by atoms with E-state index in [0.717, 1.165) is 16.7 Å². The Balaban J connectivity index is 2.32. The van der Waals surface area contributed by atoms with Gasteiger partial charge in [-0.05, 0) is 16.7 Å². The number of hydrogen-bond donors (Lipinski definition) is 0. The summed E-state index contributed by atoms with van der Waals surface area (Å²) in [6.07, 6.45) is 6.56. The van der Waals surface area contributed by atoms with Crippen LogP contribution < -0.4 is 0 Å². The van der Waals surface area contributed by atoms with Crippen molar-refractivity contribution in [2.24, 2.45) is 9.98 Å². The molecule has 0 N–H and O–H groups in total. The number of hydrogen-bond acceptors (Lipinski definition) is 4. The molecule has 0 heterocycles. The van der Waals surface area contributed by atoms with Gasteiger partial charge in [-0.3, -0.25) is 0 Å². The Morgan fingerprint density at radius 3 is 2.26 bits per heavy atom. The summed E-state index contributed by atoms with van der Waals surface area (Å²) >= 11 is 0. The molecule has 0 unspecified atom stereocenters. The van der Waals surface area contributed by atoms with Crippen LogP contribution in [-0.2, 0) is 9.59 Å². The van der Waals surface area contributed by atoms with Gasteiger partial charge in [0.1, 0.15) is 0 Å². The summed E-state index contributed by atoms with van der Waals surface area (Å²) in [5, 5.41) is 0. The zero-order chi connectivity index (χ0) is 13.5. The number of isocyanates is 2. The highest BCUT2D eigenvalue weighted by atomic mass is 16.1. The Morgan fingerprint density at radius 2 is 1.63 bits per heavy atom. The minimum Gasteiger partial charge on any atom is -0.211 e. The van der Waals surface area contributed by atoms with Gasteiger partial charge >= 0.3 is 0 Å². The van der Waals surface area contributed by atoms with Crippen LogP contribution in [0.3, 0.4) is 0 Å². The second-order valence-electron chi connectivity index (χ2n) is 4.27. The first kappa shape index (κ1) is 11.3. The van der Waals surface area contributed by atoms with E-state index in [9.17, 15) is 9.59 Å². The smallest absolute Gasteiger partial charge is 0.211 e. The molecule has 2 aliphatic carbocycles. The summed E-state index contributed by atoms with van der Waals surface area (Å²) in [6.45, 7) is 3.83. The third kappa shape index (κ3) is 1.30. The first-order valence-corrected chi connectivity index (χ1v) is 5.64. The van der Waals surface area contributed by atoms with Crippen LogP contribution in [0.1, 0.15) is 11.1 Å². The molecule has 0 saturated carbocycles. The quantitative estimate of drug-likeness (QED) is 0.596. The fourth-order valence-electron chi connectivity index (χ4n) is 2.58. The van der Waals surface area contributed by atoms with Gasteiger partial charge in [-0.2, -0.15) is 9.98 Å². The highest BCUT2D eigenvalue weighted by Gasteiger charge is 2.46. The van der Waals surface area contributed by atoms with E-state index in [4.69, 9.17) is 0 Å². The van der Waals surface area contributed by atoms with E-state index in [2.05, 4.69) is 16.6 Å². The van der Waals surface area contributed by atoms with Gasteiger partial charge < -0.3 is 0 Å². The standard InChI is InChI=1S/C15H8N2O2/c1-10-6-7-13-11-4-2-3-5-12(11)14(13)15(10,16-8-18)17-9-19/h2-7H,1H2. The van der Waals surface area contributed by atoms with Crippen LogP contribution in [-0.4, -0.2) is 17.8 Å². The molecule has 1 aromatic carbocycles. The van der Waals surface area contributed by atoms with Gasteiger partial charge in [-0.1, -0.05) is 43.0 Å². The first-order valence-electron chi connectivity index (χ1n) is 5.64. The summed E-state index contributed by atoms with van der Waals surface area (Å²) < 4.78 is 0. The third-order valence-corrected chi connectivity index (χ3v) is 3.42. The van der Waals surface area contributed by atoms with E-state index in [0.29, 0.717) is 11.1 Å². The summed E-state index contributed by atoms with van der Waals surface area (Å²) in [6, 6.07) is 7.67. The summed E-state index contributed by atoms with van der Waals surface area (Å²) in [4.78, 5) is 28.9. The van der Waals surface area contributed by atoms with Gasteiger partial charge in [0.25, 0.3) is 0 Å². The van der Waals surface area contributed by atoms with Crippen molar-refractivity contribution in [2.75, 3.05) is 0 Å². The fourth-order valence-corrected chi connectivity index (χ4v) is 2.58. The third-order valence-electron chi connectivity index (χ3n) is 3.42. The van der Waals surface area contributed by atoms with Crippen LogP contribution in [0.5, 0.6) is 0 Å². The Hall–Kier alpha value is -2.80. The van der Waals surface area contributed by atoms with E-state index in [1.807, 2.05) is 30.3 Å². The normalized spacial score (nSPS) is 22.6. The zero-order valence-corrected chi connectivity index (χ0v) is 9.88. The molecule has 4 heteroatoms. The lowest BCUT2D eigenvalue weighted by atomic mass is 9.69. The van der Waals surface area contributed by atoms with Crippen LogP contribution in [0.4, 0.5) is 0 Å². The lowest BCUT2D eigenvalue weighted by molar-refractivity contribution is 0.544. The van der Waals surface area contributed by atoms with Crippen LogP contribution in [0.25, 0.3) is 11.1 Å². The molecule has 0 fully saturated rings. The van der Waals surface area contributed by atoms with Crippen LogP contribution in [0, 0.1) is 0 Å². The van der Waals surface area contributed by atoms with Crippen LogP contribution in [0.2, 0.25) is 0 Å². The van der Waals surface area contributed by atoms with E-state index in [1.165, 1.54) is 12.2 Å². The van der Waals surface area contributed by atoms with Crippen molar-refractivity contribution in [3.05, 3.63) is 59.7 Å². The molecule has 0 bridgehead atoms. The van der Waals surface area contributed by atoms with Gasteiger partial charge in [0.05, 0.1) is 0 Å². The van der Waals surface area contributed by atoms with E-state index >= 15 is 0 Å². The van der Waals surface area contributed by atoms with Gasteiger partial charge in [0.2, 0.25) is 17.8 Å². The van der Waals surface area contributed by atoms with Gasteiger partial charge in [0, 0.05) is 11.1 Å². The number of fused-ring (bicyclic) bond motifs is 3. The van der Waals surface area contributed by atoms with E-state index in [-0.39, 0.29) is 0 Å². The summed E-state index contributed by atoms with van der Waals surface area (Å²) in [7, 11) is 0. The second kappa shape index (κ2) is 3.85. The molecule has 19 heavy (non-hydrogen) atoms. The fraction of sp³-hybridized carbons (Fsp3) is 0.0667. The Morgan fingerprint density at radius 1 is 1.00 bits per heavy atom. The van der Waals surface area contributed by atoms with Crippen molar-refractivity contribution in [1.29, 1.82) is 0 Å². The average molecular weight is 248 g/mol. The number of benzene rings is 1. The van der Waals surface area contributed by atoms with Crippen molar-refractivity contribution in [2.45, 2.75) is 5.66 Å². The molecule has 0 aromatic heterocycles. The number of rotatable bonds is 2. The Kier molecular flexibility index (Phi) is 2.29. The molecule has 0 aliphatic heterocycles. The van der Waals surface area contributed by atoms with Crippen molar-refractivity contribution in [1.82, 2.24) is 0 Å². The largest absolute Gasteiger partial charge is 0.238 e. The monoisotopic (exact) mass is 248 g/mol. The van der Waals surface area contributed by atoms with Crippen molar-refractivity contribution in [3.8, 4) is 0 Å². The predicted molar refractivity (Wildman–Crippen MR) is 70.5 cm³/mol. The van der Waals surface area contributed by atoms with E-state index < -0.39 is 5.66 Å². The zero-order valence-electron chi connectivity index (χ0n) is 9.88. The van der Waals surface area contributed by atoms with Gasteiger partial charge in [-0.25, -0.2) is 9.59 Å². The minimum atomic E-state index is -1.40. The lowest BCUT2D eigenvalue weighted by Gasteiger charge is -2.38. The Labute approximate surface area is 109 Å². The molecule has 1 aromatic rings. The Bertz CT molecular complexity index is 740. The second-order valence-corrected chi connectivity index (χ2v) is 4.27. The molecule has 2 aliphatic rings. The number of aliphatic imine (C=N–C) groups is 2. The SMILES string of the molecule is C=C1C=CC2=C(c3ccccc32)C1(N=C=O)N=C=O. The molecule has 90 valence electrons. The maximum absolute atomic E-state index is 10.7. The first-order chi connectivity index (χ1) is 9.24. The maximum atomic E-state index is 10.7. The summed E-state index contributed by atoms with van der Waals surface area (Å²) in [5.74, 6) is 0. The lowest BCUT2D eigenvalue weighted by Crippen LogP contribution is -2.33. The minimum absolute atomic E-state index is 0.451. The topological polar surface area (TPSA) is 58.9 Å². The molecule has 0 amide bonds. The van der Waals surface area contributed by atoms with Gasteiger partial charge in [-0.15, -0.1) is 0 Å². The molecule has 4 nitrogen and oxygen atoms in total. The molecule has 3 rings (SSSR count). The number of nitrogens with zero attached hydrogens (tertiary/aromatic N) is 2. The molecule has 0 radical (unpaired) electrons. The summed E-state index contributed by atoms with van der Waals surface area (Å²) in [5.41, 5.74) is 2.65. The van der Waals surface area contributed by atoms with E-state index in [1.54, 1.807) is 6.08 Å². The molecular weight excluding hydrogens is 240 g/mol. The number of carbonyl (C=O) groups excluding carboxylic acids is 2. The highest BCUT2D eigenvalue weighted by molar-refractivity contribution is 6.13. The maximum Gasteiger partial charge on any atom is 0.238 e. The number of allylic oxidation sites excluding steroid dienone is 2. The van der Waals surface area contributed by atoms with Crippen molar-refractivity contribution < 1.29 is 9.59 Å².